The van der Waals surface area contributed by atoms with Crippen molar-refractivity contribution in [2.75, 3.05) is 0 Å². The first kappa shape index (κ1) is 13.4. The van der Waals surface area contributed by atoms with Crippen LogP contribution in [0.25, 0.3) is 0 Å². The molecule has 1 unspecified atom stereocenters. The number of hydrogen-bond acceptors (Lipinski definition) is 1. The van der Waals surface area contributed by atoms with Gasteiger partial charge in [-0.15, -0.1) is 6.42 Å². The first-order chi connectivity index (χ1) is 8.22. The van der Waals surface area contributed by atoms with E-state index in [4.69, 9.17) is 6.42 Å². The van der Waals surface area contributed by atoms with Crippen LogP contribution in [0.2, 0.25) is 0 Å². The minimum Gasteiger partial charge on any atom is -0.344 e. The summed E-state index contributed by atoms with van der Waals surface area (Å²) in [5.41, 5.74) is 0.684. The summed E-state index contributed by atoms with van der Waals surface area (Å²) in [6.07, 6.45) is 10.1. The van der Waals surface area contributed by atoms with Gasteiger partial charge in [-0.1, -0.05) is 26.2 Å². The third-order valence-corrected chi connectivity index (χ3v) is 2.61. The second kappa shape index (κ2) is 6.80. The maximum Gasteiger partial charge on any atom is 0.268 e. The number of carbonyl (C=O) groups is 1. The summed E-state index contributed by atoms with van der Waals surface area (Å²) in [7, 11) is 0. The van der Waals surface area contributed by atoms with E-state index >= 15 is 0 Å². The lowest BCUT2D eigenvalue weighted by Gasteiger charge is -2.13. The highest BCUT2D eigenvalue weighted by atomic mass is 16.2. The Morgan fingerprint density at radius 3 is 2.88 bits per heavy atom. The van der Waals surface area contributed by atoms with E-state index in [1.165, 1.54) is 0 Å². The Balaban J connectivity index is 2.69. The lowest BCUT2D eigenvalue weighted by atomic mass is 10.2. The van der Waals surface area contributed by atoms with Crippen molar-refractivity contribution in [1.29, 1.82) is 0 Å². The van der Waals surface area contributed by atoms with E-state index in [2.05, 4.69) is 25.1 Å². The van der Waals surface area contributed by atoms with E-state index in [9.17, 15) is 4.79 Å². The summed E-state index contributed by atoms with van der Waals surface area (Å²) >= 11 is 0. The lowest BCUT2D eigenvalue weighted by Crippen LogP contribution is -2.34. The first-order valence-corrected chi connectivity index (χ1v) is 6.15. The fraction of sp³-hybridized carbons (Fsp3) is 0.500. The Labute approximate surface area is 103 Å². The Morgan fingerprint density at radius 1 is 1.53 bits per heavy atom. The smallest absolute Gasteiger partial charge is 0.268 e. The topological polar surface area (TPSA) is 34.0 Å². The number of rotatable bonds is 6. The summed E-state index contributed by atoms with van der Waals surface area (Å²) < 4.78 is 1.95. The molecule has 0 aromatic carbocycles. The van der Waals surface area contributed by atoms with E-state index < -0.39 is 0 Å². The molecule has 1 N–H and O–H groups in total. The average molecular weight is 232 g/mol. The van der Waals surface area contributed by atoms with Gasteiger partial charge in [0, 0.05) is 12.7 Å². The molecule has 1 atom stereocenters. The monoisotopic (exact) mass is 232 g/mol. The molecule has 1 rings (SSSR count). The Hall–Kier alpha value is -1.69. The first-order valence-electron chi connectivity index (χ1n) is 6.15. The van der Waals surface area contributed by atoms with Crippen LogP contribution in [0, 0.1) is 12.3 Å². The van der Waals surface area contributed by atoms with Gasteiger partial charge in [0.05, 0.1) is 6.04 Å². The normalized spacial score (nSPS) is 11.8. The van der Waals surface area contributed by atoms with Gasteiger partial charge >= 0.3 is 0 Å². The van der Waals surface area contributed by atoms with Gasteiger partial charge in [-0.2, -0.15) is 0 Å². The number of hydrogen-bond donors (Lipinski definition) is 1. The molecule has 17 heavy (non-hydrogen) atoms. The van der Waals surface area contributed by atoms with Crippen LogP contribution in [-0.2, 0) is 6.54 Å². The molecule has 0 bridgehead atoms. The molecular formula is C14H20N2O. The average Bonchev–Trinajstić information content (AvgIpc) is 2.77. The van der Waals surface area contributed by atoms with Gasteiger partial charge in [0.15, 0.2) is 0 Å². The molecule has 0 aliphatic carbocycles. The van der Waals surface area contributed by atoms with Gasteiger partial charge < -0.3 is 9.88 Å². The zero-order valence-corrected chi connectivity index (χ0v) is 10.6. The highest BCUT2D eigenvalue weighted by molar-refractivity contribution is 5.93. The Kier molecular flexibility index (Phi) is 5.35. The quantitative estimate of drug-likeness (QED) is 0.751. The molecule has 1 heterocycles. The van der Waals surface area contributed by atoms with Gasteiger partial charge in [0.2, 0.25) is 0 Å². The van der Waals surface area contributed by atoms with Crippen LogP contribution in [-0.4, -0.2) is 16.5 Å². The van der Waals surface area contributed by atoms with Crippen molar-refractivity contribution in [3.63, 3.8) is 0 Å². The molecule has 3 heteroatoms. The van der Waals surface area contributed by atoms with Crippen LogP contribution >= 0.6 is 0 Å². The molecule has 1 aromatic heterocycles. The minimum atomic E-state index is -0.169. The van der Waals surface area contributed by atoms with Crippen LogP contribution in [0.3, 0.4) is 0 Å². The number of nitrogens with zero attached hydrogens (tertiary/aromatic N) is 1. The molecule has 0 spiro atoms. The van der Waals surface area contributed by atoms with Crippen LogP contribution in [0.4, 0.5) is 0 Å². The van der Waals surface area contributed by atoms with Crippen LogP contribution < -0.4 is 5.32 Å². The fourth-order valence-corrected chi connectivity index (χ4v) is 1.77. The summed E-state index contributed by atoms with van der Waals surface area (Å²) in [6.45, 7) is 4.99. The zero-order valence-electron chi connectivity index (χ0n) is 10.6. The van der Waals surface area contributed by atoms with Gasteiger partial charge in [-0.3, -0.25) is 4.79 Å². The van der Waals surface area contributed by atoms with Crippen molar-refractivity contribution in [3.8, 4) is 12.3 Å². The van der Waals surface area contributed by atoms with Gasteiger partial charge in [-0.25, -0.2) is 0 Å². The maximum absolute atomic E-state index is 12.0. The van der Waals surface area contributed by atoms with Gasteiger partial charge in [0.25, 0.3) is 5.91 Å². The minimum absolute atomic E-state index is 0.0835. The van der Waals surface area contributed by atoms with E-state index in [1.807, 2.05) is 22.9 Å². The Bertz CT molecular complexity index is 401. The molecule has 0 aliphatic heterocycles. The summed E-state index contributed by atoms with van der Waals surface area (Å²) in [4.78, 5) is 12.0. The van der Waals surface area contributed by atoms with Crippen molar-refractivity contribution < 1.29 is 4.79 Å². The van der Waals surface area contributed by atoms with Gasteiger partial charge in [-0.05, 0) is 25.0 Å². The van der Waals surface area contributed by atoms with Crippen molar-refractivity contribution >= 4 is 5.91 Å². The summed E-state index contributed by atoms with van der Waals surface area (Å²) in [5, 5.41) is 2.87. The molecule has 0 saturated carbocycles. The molecule has 1 aromatic rings. The molecule has 1 amide bonds. The van der Waals surface area contributed by atoms with E-state index in [0.717, 1.165) is 25.8 Å². The van der Waals surface area contributed by atoms with Crippen molar-refractivity contribution in [3.05, 3.63) is 24.0 Å². The van der Waals surface area contributed by atoms with E-state index in [-0.39, 0.29) is 11.9 Å². The number of aromatic nitrogens is 1. The molecule has 0 aliphatic rings. The second-order valence-electron chi connectivity index (χ2n) is 4.07. The van der Waals surface area contributed by atoms with Crippen molar-refractivity contribution in [2.24, 2.45) is 0 Å². The zero-order chi connectivity index (χ0) is 12.7. The summed E-state index contributed by atoms with van der Waals surface area (Å²) in [6, 6.07) is 3.54. The number of terminal acetylenes is 1. The molecule has 0 saturated heterocycles. The number of aryl methyl sites for hydroxylation is 1. The van der Waals surface area contributed by atoms with Crippen LogP contribution in [0.15, 0.2) is 18.3 Å². The van der Waals surface area contributed by atoms with Crippen LogP contribution in [0.1, 0.15) is 43.6 Å². The fourth-order valence-electron chi connectivity index (χ4n) is 1.77. The summed E-state index contributed by atoms with van der Waals surface area (Å²) in [5.74, 6) is 2.52. The number of nitrogens with one attached hydrogen (secondary N) is 1. The SMILES string of the molecule is C#CC(CCC)NC(=O)c1cccn1CCC. The van der Waals surface area contributed by atoms with E-state index in [1.54, 1.807) is 0 Å². The number of amides is 1. The molecule has 92 valence electrons. The largest absolute Gasteiger partial charge is 0.344 e. The predicted molar refractivity (Wildman–Crippen MR) is 69.7 cm³/mol. The van der Waals surface area contributed by atoms with Gasteiger partial charge in [0.1, 0.15) is 5.69 Å². The standard InChI is InChI=1S/C14H20N2O/c1-4-8-12(6-3)15-14(17)13-9-7-11-16(13)10-5-2/h3,7,9,11-12H,4-5,8,10H2,1-2H3,(H,15,17). The highest BCUT2D eigenvalue weighted by Crippen LogP contribution is 2.05. The number of carbonyl (C=O) groups excluding carboxylic acids is 1. The van der Waals surface area contributed by atoms with Crippen molar-refractivity contribution in [1.82, 2.24) is 9.88 Å². The molecule has 0 fully saturated rings. The van der Waals surface area contributed by atoms with Crippen molar-refractivity contribution in [2.45, 2.75) is 45.7 Å². The molecule has 3 nitrogen and oxygen atoms in total. The predicted octanol–water partition coefficient (Wildman–Crippen LogP) is 2.43. The third kappa shape index (κ3) is 3.67. The highest BCUT2D eigenvalue weighted by Gasteiger charge is 2.13. The molecule has 0 radical (unpaired) electrons. The second-order valence-corrected chi connectivity index (χ2v) is 4.07. The van der Waals surface area contributed by atoms with E-state index in [0.29, 0.717) is 5.69 Å². The molecular weight excluding hydrogens is 212 g/mol. The Morgan fingerprint density at radius 2 is 2.29 bits per heavy atom. The lowest BCUT2D eigenvalue weighted by molar-refractivity contribution is 0.0935. The van der Waals surface area contributed by atoms with Crippen LogP contribution in [0.5, 0.6) is 0 Å². The maximum atomic E-state index is 12.0. The third-order valence-electron chi connectivity index (χ3n) is 2.61.